The van der Waals surface area contributed by atoms with E-state index >= 15 is 0 Å². The molecule has 1 atom stereocenters. The molecule has 0 aromatic carbocycles. The molecule has 1 aliphatic carbocycles. The molecule has 5 heterocycles. The molecule has 0 unspecified atom stereocenters. The number of nitrogens with one attached hydrogen (secondary N) is 1. The predicted octanol–water partition coefficient (Wildman–Crippen LogP) is 3.42. The summed E-state index contributed by atoms with van der Waals surface area (Å²) in [5.41, 5.74) is 2.60. The number of rotatable bonds is 3. The van der Waals surface area contributed by atoms with Crippen molar-refractivity contribution < 1.29 is 13.9 Å². The predicted molar refractivity (Wildman–Crippen MR) is 114 cm³/mol. The number of anilines is 2. The summed E-state index contributed by atoms with van der Waals surface area (Å²) in [6.45, 7) is -0.260. The summed E-state index contributed by atoms with van der Waals surface area (Å²) < 4.78 is 29.3. The monoisotopic (exact) mass is 456 g/mol. The number of hydrogen-bond acceptors (Lipinski definition) is 8. The molecule has 1 aliphatic heterocycles. The quantitative estimate of drug-likeness (QED) is 0.500. The van der Waals surface area contributed by atoms with E-state index in [0.717, 1.165) is 18.5 Å². The van der Waals surface area contributed by atoms with Crippen molar-refractivity contribution >= 4 is 34.3 Å². The van der Waals surface area contributed by atoms with Gasteiger partial charge in [-0.1, -0.05) is 11.6 Å². The van der Waals surface area contributed by atoms with Gasteiger partial charge >= 0.3 is 0 Å². The molecule has 2 aliphatic rings. The topological polar surface area (TPSA) is 105 Å². The first-order valence-electron chi connectivity index (χ1n) is 10.2. The fraction of sp³-hybridized carbons (Fsp3) is 0.350. The lowest BCUT2D eigenvalue weighted by molar-refractivity contribution is 0.171. The average Bonchev–Trinajstić information content (AvgIpc) is 3.52. The van der Waals surface area contributed by atoms with E-state index in [1.54, 1.807) is 24.2 Å². The van der Waals surface area contributed by atoms with E-state index in [-0.39, 0.29) is 30.1 Å². The maximum Gasteiger partial charge on any atom is 0.257 e. The minimum absolute atomic E-state index is 0.0539. The fourth-order valence-electron chi connectivity index (χ4n) is 3.88. The Labute approximate surface area is 186 Å². The standard InChI is InChI=1S/C20H18ClFN8O2/c1-31-18-13(3-2-6-23-18)30-15(10-4-5-10)14-19(28-30)32-9-11(22)8-29-17-12(16(21)27-29)7-24-20(25-14)26-17/h2-3,6-7,10-11H,4-5,8-9H2,1H3,(H,24,25,26)/t11-/m1/s1. The van der Waals surface area contributed by atoms with Gasteiger partial charge in [0.25, 0.3) is 5.88 Å². The van der Waals surface area contributed by atoms with Gasteiger partial charge < -0.3 is 14.8 Å². The minimum atomic E-state index is -1.35. The number of halogens is 2. The van der Waals surface area contributed by atoms with Gasteiger partial charge in [0.2, 0.25) is 11.8 Å². The van der Waals surface area contributed by atoms with Crippen molar-refractivity contribution in [3.8, 4) is 17.4 Å². The zero-order chi connectivity index (χ0) is 21.8. The number of pyridine rings is 1. The summed E-state index contributed by atoms with van der Waals surface area (Å²) in [5, 5.41) is 12.9. The van der Waals surface area contributed by atoms with Gasteiger partial charge in [0, 0.05) is 18.3 Å². The molecule has 0 radical (unpaired) electrons. The van der Waals surface area contributed by atoms with Crippen LogP contribution < -0.4 is 14.8 Å². The zero-order valence-corrected chi connectivity index (χ0v) is 17.8. The lowest BCUT2D eigenvalue weighted by Gasteiger charge is -2.11. The van der Waals surface area contributed by atoms with E-state index in [2.05, 4.69) is 30.5 Å². The molecule has 4 aromatic heterocycles. The van der Waals surface area contributed by atoms with Crippen LogP contribution in [0, 0.1) is 0 Å². The number of fused-ring (bicyclic) bond motifs is 2. The van der Waals surface area contributed by atoms with Crippen LogP contribution in [0.4, 0.5) is 16.0 Å². The van der Waals surface area contributed by atoms with Crippen LogP contribution in [-0.4, -0.2) is 54.4 Å². The number of aromatic nitrogens is 7. The summed E-state index contributed by atoms with van der Waals surface area (Å²) in [6.07, 6.45) is 3.87. The zero-order valence-electron chi connectivity index (χ0n) is 17.0. The number of ether oxygens (including phenoxy) is 2. The van der Waals surface area contributed by atoms with Crippen LogP contribution in [0.2, 0.25) is 5.15 Å². The first-order chi connectivity index (χ1) is 15.6. The van der Waals surface area contributed by atoms with Gasteiger partial charge in [-0.15, -0.1) is 5.10 Å². The van der Waals surface area contributed by atoms with Crippen LogP contribution in [0.15, 0.2) is 24.5 Å². The Morgan fingerprint density at radius 1 is 1.28 bits per heavy atom. The van der Waals surface area contributed by atoms with Crippen LogP contribution in [0.25, 0.3) is 16.7 Å². The molecule has 10 nitrogen and oxygen atoms in total. The number of hydrogen-bond donors (Lipinski definition) is 1. The fourth-order valence-corrected chi connectivity index (χ4v) is 4.10. The summed E-state index contributed by atoms with van der Waals surface area (Å²) in [5.74, 6) is 1.26. The Morgan fingerprint density at radius 2 is 2.16 bits per heavy atom. The third kappa shape index (κ3) is 3.11. The summed E-state index contributed by atoms with van der Waals surface area (Å²) >= 11 is 6.19. The van der Waals surface area contributed by atoms with E-state index in [1.807, 2.05) is 12.1 Å². The molecule has 1 N–H and O–H groups in total. The second-order valence-corrected chi connectivity index (χ2v) is 8.08. The molecule has 2 bridgehead atoms. The van der Waals surface area contributed by atoms with Crippen molar-refractivity contribution in [2.24, 2.45) is 0 Å². The molecule has 32 heavy (non-hydrogen) atoms. The molecule has 0 spiro atoms. The molecule has 6 rings (SSSR count). The van der Waals surface area contributed by atoms with Crippen molar-refractivity contribution in [2.45, 2.75) is 31.5 Å². The van der Waals surface area contributed by atoms with Gasteiger partial charge in [-0.05, 0) is 25.0 Å². The van der Waals surface area contributed by atoms with Gasteiger partial charge in [-0.2, -0.15) is 10.1 Å². The van der Waals surface area contributed by atoms with E-state index in [4.69, 9.17) is 21.1 Å². The van der Waals surface area contributed by atoms with E-state index < -0.39 is 6.17 Å². The van der Waals surface area contributed by atoms with Crippen LogP contribution >= 0.6 is 11.6 Å². The largest absolute Gasteiger partial charge is 0.479 e. The molecule has 4 aromatic rings. The maximum absolute atomic E-state index is 14.8. The summed E-state index contributed by atoms with van der Waals surface area (Å²) in [4.78, 5) is 13.2. The first kappa shape index (κ1) is 19.2. The molecule has 1 saturated carbocycles. The van der Waals surface area contributed by atoms with Crippen molar-refractivity contribution in [3.05, 3.63) is 35.4 Å². The first-order valence-corrected chi connectivity index (χ1v) is 10.6. The second-order valence-electron chi connectivity index (χ2n) is 7.72. The highest BCUT2D eigenvalue weighted by Crippen LogP contribution is 2.48. The van der Waals surface area contributed by atoms with Crippen molar-refractivity contribution in [2.75, 3.05) is 19.0 Å². The molecule has 0 amide bonds. The molecular weight excluding hydrogens is 439 g/mol. The third-order valence-corrected chi connectivity index (χ3v) is 5.76. The van der Waals surface area contributed by atoms with Crippen LogP contribution in [0.1, 0.15) is 24.5 Å². The highest BCUT2D eigenvalue weighted by molar-refractivity contribution is 6.34. The Morgan fingerprint density at radius 3 is 2.97 bits per heavy atom. The van der Waals surface area contributed by atoms with Gasteiger partial charge in [0.15, 0.2) is 17.0 Å². The van der Waals surface area contributed by atoms with Gasteiger partial charge in [0.1, 0.15) is 18.0 Å². The molecule has 0 saturated heterocycles. The SMILES string of the molecule is COc1ncccc1-n1nc2c(c1C1CC1)Nc1ncc3c(Cl)nn(c3n1)C[C@@H](F)CO2. The Hall–Kier alpha value is -3.47. The maximum atomic E-state index is 14.8. The smallest absolute Gasteiger partial charge is 0.257 e. The Balaban J connectivity index is 1.54. The summed E-state index contributed by atoms with van der Waals surface area (Å²) in [6, 6.07) is 3.67. The summed E-state index contributed by atoms with van der Waals surface area (Å²) in [7, 11) is 1.56. The minimum Gasteiger partial charge on any atom is -0.479 e. The van der Waals surface area contributed by atoms with Gasteiger partial charge in [0.05, 0.1) is 24.7 Å². The normalized spacial score (nSPS) is 18.0. The number of nitrogens with zero attached hydrogens (tertiary/aromatic N) is 7. The van der Waals surface area contributed by atoms with Crippen molar-refractivity contribution in [1.82, 2.24) is 34.5 Å². The third-order valence-electron chi connectivity index (χ3n) is 5.48. The Kier molecular flexibility index (Phi) is 4.39. The van der Waals surface area contributed by atoms with Crippen molar-refractivity contribution in [3.63, 3.8) is 0 Å². The van der Waals surface area contributed by atoms with E-state index in [9.17, 15) is 4.39 Å². The average molecular weight is 457 g/mol. The second kappa shape index (κ2) is 7.30. The van der Waals surface area contributed by atoms with E-state index in [0.29, 0.717) is 34.2 Å². The van der Waals surface area contributed by atoms with Crippen LogP contribution in [0.5, 0.6) is 11.8 Å². The molecule has 1 fully saturated rings. The van der Waals surface area contributed by atoms with Gasteiger partial charge in [-0.25, -0.2) is 23.7 Å². The lowest BCUT2D eigenvalue weighted by atomic mass is 10.2. The molecule has 164 valence electrons. The van der Waals surface area contributed by atoms with Crippen molar-refractivity contribution in [1.29, 1.82) is 0 Å². The van der Waals surface area contributed by atoms with Crippen LogP contribution in [0.3, 0.4) is 0 Å². The lowest BCUT2D eigenvalue weighted by Crippen LogP contribution is -2.20. The molecular formula is C20H18ClFN8O2. The molecule has 12 heteroatoms. The number of alkyl halides is 1. The van der Waals surface area contributed by atoms with E-state index in [1.165, 1.54) is 4.68 Å². The Bertz CT molecular complexity index is 1330. The number of methoxy groups -OCH3 is 1. The highest BCUT2D eigenvalue weighted by Gasteiger charge is 2.35. The highest BCUT2D eigenvalue weighted by atomic mass is 35.5. The van der Waals surface area contributed by atoms with Crippen LogP contribution in [-0.2, 0) is 6.54 Å². The van der Waals surface area contributed by atoms with Gasteiger partial charge in [-0.3, -0.25) is 0 Å².